The molecule has 1 aromatic carbocycles. The van der Waals surface area contributed by atoms with Crippen LogP contribution >= 0.6 is 0 Å². The number of fused-ring (bicyclic) bond motifs is 1. The van der Waals surface area contributed by atoms with E-state index < -0.39 is 6.04 Å². The van der Waals surface area contributed by atoms with Crippen LogP contribution in [0.1, 0.15) is 61.4 Å². The van der Waals surface area contributed by atoms with Gasteiger partial charge in [-0.25, -0.2) is 0 Å². The molecule has 0 saturated carbocycles. The number of Topliss-reactive ketones (excluding diaryl/α,β-unsaturated/α-hetero) is 1. The number of hydrogen-bond donors (Lipinski definition) is 4. The number of hydrogen-bond acceptors (Lipinski definition) is 4. The second-order valence-corrected chi connectivity index (χ2v) is 7.91. The maximum atomic E-state index is 12.8. The number of unbranched alkanes of at least 4 members (excludes halogenated alkanes) is 2. The lowest BCUT2D eigenvalue weighted by molar-refractivity contribution is -0.123. The molecule has 1 atom stereocenters. The van der Waals surface area contributed by atoms with Crippen molar-refractivity contribution in [2.45, 2.75) is 57.9 Å². The number of H-pyrrole nitrogens is 2. The Labute approximate surface area is 187 Å². The van der Waals surface area contributed by atoms with Gasteiger partial charge in [-0.3, -0.25) is 19.5 Å². The van der Waals surface area contributed by atoms with E-state index in [2.05, 4.69) is 31.9 Å². The third-order valence-corrected chi connectivity index (χ3v) is 5.59. The molecule has 0 spiro atoms. The fraction of sp³-hybridized carbons (Fsp3) is 0.417. The minimum Gasteiger partial charge on any atom is -0.361 e. The number of aromatic amines is 2. The summed E-state index contributed by atoms with van der Waals surface area (Å²) in [6, 6.07) is 7.42. The van der Waals surface area contributed by atoms with Crippen LogP contribution in [0.25, 0.3) is 10.9 Å². The molecule has 3 rings (SSSR count). The first kappa shape index (κ1) is 23.2. The van der Waals surface area contributed by atoms with Crippen LogP contribution in [-0.4, -0.2) is 45.4 Å². The van der Waals surface area contributed by atoms with Crippen molar-refractivity contribution in [2.24, 2.45) is 0 Å². The summed E-state index contributed by atoms with van der Waals surface area (Å²) in [7, 11) is 0. The third kappa shape index (κ3) is 6.54. The highest BCUT2D eigenvalue weighted by atomic mass is 16.2. The van der Waals surface area contributed by atoms with E-state index in [4.69, 9.17) is 0 Å². The average molecular weight is 438 g/mol. The van der Waals surface area contributed by atoms with E-state index in [1.54, 1.807) is 0 Å². The second kappa shape index (κ2) is 11.8. The maximum Gasteiger partial charge on any atom is 0.255 e. The highest BCUT2D eigenvalue weighted by Gasteiger charge is 2.21. The Bertz CT molecular complexity index is 1030. The van der Waals surface area contributed by atoms with Crippen molar-refractivity contribution in [3.05, 3.63) is 54.0 Å². The molecule has 2 heterocycles. The molecule has 32 heavy (non-hydrogen) atoms. The summed E-state index contributed by atoms with van der Waals surface area (Å²) in [6.07, 6.45) is 9.62. The summed E-state index contributed by atoms with van der Waals surface area (Å²) in [5, 5.41) is 13.3. The summed E-state index contributed by atoms with van der Waals surface area (Å²) in [4.78, 5) is 40.0. The van der Waals surface area contributed by atoms with Crippen molar-refractivity contribution < 1.29 is 14.4 Å². The zero-order valence-corrected chi connectivity index (χ0v) is 18.4. The SMILES string of the molecule is CCC(=O)CCCCCC(NC(=O)c1cn[nH]c1)C(=O)NCCc1c[nH]c2ccccc12. The fourth-order valence-corrected chi connectivity index (χ4v) is 3.69. The molecule has 2 amide bonds. The molecule has 4 N–H and O–H groups in total. The summed E-state index contributed by atoms with van der Waals surface area (Å²) >= 11 is 0. The Morgan fingerprint density at radius 2 is 1.94 bits per heavy atom. The van der Waals surface area contributed by atoms with Crippen LogP contribution in [0.15, 0.2) is 42.9 Å². The van der Waals surface area contributed by atoms with Crippen LogP contribution in [0.5, 0.6) is 0 Å². The van der Waals surface area contributed by atoms with Gasteiger partial charge in [0.25, 0.3) is 5.91 Å². The molecular weight excluding hydrogens is 406 g/mol. The number of para-hydroxylation sites is 1. The number of carbonyl (C=O) groups excluding carboxylic acids is 3. The van der Waals surface area contributed by atoms with Gasteiger partial charge in [-0.1, -0.05) is 38.0 Å². The van der Waals surface area contributed by atoms with Gasteiger partial charge >= 0.3 is 0 Å². The van der Waals surface area contributed by atoms with Crippen molar-refractivity contribution in [1.82, 2.24) is 25.8 Å². The summed E-state index contributed by atoms with van der Waals surface area (Å²) in [5.41, 5.74) is 2.59. The number of nitrogens with zero attached hydrogens (tertiary/aromatic N) is 1. The van der Waals surface area contributed by atoms with E-state index in [9.17, 15) is 14.4 Å². The van der Waals surface area contributed by atoms with Crippen molar-refractivity contribution in [2.75, 3.05) is 6.54 Å². The van der Waals surface area contributed by atoms with Crippen LogP contribution in [0.3, 0.4) is 0 Å². The predicted octanol–water partition coefficient (Wildman–Crippen LogP) is 3.28. The number of ketones is 1. The Hall–Kier alpha value is -3.42. The topological polar surface area (TPSA) is 120 Å². The molecule has 170 valence electrons. The van der Waals surface area contributed by atoms with E-state index in [1.165, 1.54) is 12.4 Å². The predicted molar refractivity (Wildman–Crippen MR) is 123 cm³/mol. The lowest BCUT2D eigenvalue weighted by Crippen LogP contribution is -2.47. The molecule has 8 heteroatoms. The summed E-state index contributed by atoms with van der Waals surface area (Å²) < 4.78 is 0. The van der Waals surface area contributed by atoms with E-state index in [1.807, 2.05) is 31.3 Å². The Morgan fingerprint density at radius 3 is 2.72 bits per heavy atom. The highest BCUT2D eigenvalue weighted by Crippen LogP contribution is 2.17. The molecule has 2 aromatic heterocycles. The fourth-order valence-electron chi connectivity index (χ4n) is 3.69. The second-order valence-electron chi connectivity index (χ2n) is 7.91. The van der Waals surface area contributed by atoms with E-state index in [0.29, 0.717) is 37.8 Å². The Kier molecular flexibility index (Phi) is 8.60. The van der Waals surface area contributed by atoms with Crippen molar-refractivity contribution in [3.63, 3.8) is 0 Å². The lowest BCUT2D eigenvalue weighted by Gasteiger charge is -2.18. The first-order chi connectivity index (χ1) is 15.6. The minimum atomic E-state index is -0.637. The van der Waals surface area contributed by atoms with Gasteiger partial charge in [0.1, 0.15) is 11.8 Å². The average Bonchev–Trinajstić information content (AvgIpc) is 3.48. The van der Waals surface area contributed by atoms with Gasteiger partial charge in [0, 0.05) is 42.7 Å². The first-order valence-electron chi connectivity index (χ1n) is 11.2. The van der Waals surface area contributed by atoms with Gasteiger partial charge in [0.2, 0.25) is 5.91 Å². The van der Waals surface area contributed by atoms with Crippen LogP contribution in [0.2, 0.25) is 0 Å². The minimum absolute atomic E-state index is 0.202. The molecule has 3 aromatic rings. The van der Waals surface area contributed by atoms with Gasteiger partial charge in [-0.15, -0.1) is 0 Å². The Balaban J connectivity index is 1.52. The molecule has 0 fully saturated rings. The Morgan fingerprint density at radius 1 is 1.09 bits per heavy atom. The van der Waals surface area contributed by atoms with Crippen LogP contribution in [0.4, 0.5) is 0 Å². The molecule has 0 aliphatic rings. The zero-order chi connectivity index (χ0) is 22.8. The lowest BCUT2D eigenvalue weighted by atomic mass is 10.0. The number of amides is 2. The van der Waals surface area contributed by atoms with Gasteiger partial charge in [-0.05, 0) is 30.9 Å². The number of benzene rings is 1. The molecule has 8 nitrogen and oxygen atoms in total. The van der Waals surface area contributed by atoms with Crippen molar-refractivity contribution >= 4 is 28.5 Å². The highest BCUT2D eigenvalue weighted by molar-refractivity contribution is 5.97. The summed E-state index contributed by atoms with van der Waals surface area (Å²) in [5.74, 6) is -0.284. The zero-order valence-electron chi connectivity index (χ0n) is 18.4. The van der Waals surface area contributed by atoms with E-state index in [0.717, 1.165) is 35.7 Å². The van der Waals surface area contributed by atoms with Crippen LogP contribution in [0, 0.1) is 0 Å². The number of rotatable bonds is 13. The molecule has 0 aliphatic heterocycles. The number of nitrogens with one attached hydrogen (secondary N) is 4. The standard InChI is InChI=1S/C24H31N5O3/c1-2-19(30)8-4-3-5-11-22(29-23(31)18-15-27-28-16-18)24(32)25-13-12-17-14-26-21-10-7-6-9-20(17)21/h6-7,9-10,14-16,22,26H,2-5,8,11-13H2,1H3,(H,25,32)(H,27,28)(H,29,31). The molecule has 0 radical (unpaired) electrons. The van der Waals surface area contributed by atoms with Gasteiger partial charge < -0.3 is 15.6 Å². The van der Waals surface area contributed by atoms with Gasteiger partial charge in [0.05, 0.1) is 11.8 Å². The van der Waals surface area contributed by atoms with Crippen molar-refractivity contribution in [3.8, 4) is 0 Å². The molecule has 0 bridgehead atoms. The van der Waals surface area contributed by atoms with E-state index >= 15 is 0 Å². The monoisotopic (exact) mass is 437 g/mol. The van der Waals surface area contributed by atoms with Crippen LogP contribution < -0.4 is 10.6 Å². The quantitative estimate of drug-likeness (QED) is 0.307. The molecule has 1 unspecified atom stereocenters. The van der Waals surface area contributed by atoms with E-state index in [-0.39, 0.29) is 17.6 Å². The molecule has 0 aliphatic carbocycles. The number of aromatic nitrogens is 3. The van der Waals surface area contributed by atoms with Crippen LogP contribution in [-0.2, 0) is 16.0 Å². The molecular formula is C24H31N5O3. The first-order valence-corrected chi connectivity index (χ1v) is 11.2. The largest absolute Gasteiger partial charge is 0.361 e. The molecule has 0 saturated heterocycles. The normalized spacial score (nSPS) is 11.9. The van der Waals surface area contributed by atoms with Gasteiger partial charge in [0.15, 0.2) is 0 Å². The van der Waals surface area contributed by atoms with Crippen molar-refractivity contribution in [1.29, 1.82) is 0 Å². The maximum absolute atomic E-state index is 12.8. The van der Waals surface area contributed by atoms with Gasteiger partial charge in [-0.2, -0.15) is 5.10 Å². The summed E-state index contributed by atoms with van der Waals surface area (Å²) in [6.45, 7) is 2.34. The number of carbonyl (C=O) groups is 3. The smallest absolute Gasteiger partial charge is 0.255 e. The third-order valence-electron chi connectivity index (χ3n) is 5.59.